The number of phosphoric ester groups is 1. The van der Waals surface area contributed by atoms with Crippen molar-refractivity contribution in [2.45, 2.75) is 315 Å². The molecule has 3 atom stereocenters. The molecule has 0 aromatic heterocycles. The Morgan fingerprint density at radius 2 is 0.657 bits per heavy atom. The van der Waals surface area contributed by atoms with Crippen LogP contribution in [0.1, 0.15) is 303 Å². The van der Waals surface area contributed by atoms with Crippen LogP contribution in [0.3, 0.4) is 0 Å². The number of phosphoric acid groups is 1. The van der Waals surface area contributed by atoms with E-state index >= 15 is 0 Å². The fourth-order valence-corrected chi connectivity index (χ4v) is 9.43. The second-order valence-corrected chi connectivity index (χ2v) is 21.6. The third-order valence-electron chi connectivity index (χ3n) is 13.2. The molecule has 2 N–H and O–H groups in total. The summed E-state index contributed by atoms with van der Waals surface area (Å²) in [6.07, 6.45) is 51.6. The van der Waals surface area contributed by atoms with Crippen molar-refractivity contribution in [3.05, 3.63) is 12.2 Å². The molecule has 0 aromatic rings. The Labute approximate surface area is 430 Å². The zero-order valence-electron chi connectivity index (χ0n) is 45.8. The number of carbonyl (C=O) groups is 3. The van der Waals surface area contributed by atoms with Crippen molar-refractivity contribution >= 4 is 25.7 Å². The summed E-state index contributed by atoms with van der Waals surface area (Å²) in [5.41, 5.74) is 0. The van der Waals surface area contributed by atoms with Crippen LogP contribution in [0.4, 0.5) is 0 Å². The van der Waals surface area contributed by atoms with E-state index in [1.54, 1.807) is 0 Å². The molecular weight excluding hydrogens is 904 g/mol. The van der Waals surface area contributed by atoms with Crippen LogP contribution >= 0.6 is 7.82 Å². The molecular formula is C58H111O11P. The molecule has 0 fully saturated rings. The Morgan fingerprint density at radius 3 is 1.00 bits per heavy atom. The van der Waals surface area contributed by atoms with Crippen LogP contribution in [0, 0.1) is 0 Å². The lowest BCUT2D eigenvalue weighted by Gasteiger charge is -2.21. The summed E-state index contributed by atoms with van der Waals surface area (Å²) in [6, 6.07) is 0. The van der Waals surface area contributed by atoms with Gasteiger partial charge in [-0.2, -0.15) is 0 Å². The number of rotatable bonds is 56. The van der Waals surface area contributed by atoms with E-state index < -0.39 is 57.8 Å². The van der Waals surface area contributed by atoms with Gasteiger partial charge in [0.15, 0.2) is 6.10 Å². The minimum absolute atomic E-state index is 0.173. The van der Waals surface area contributed by atoms with Gasteiger partial charge in [-0.15, -0.1) is 0 Å². The number of hydrogen-bond donors (Lipinski definition) is 2. The van der Waals surface area contributed by atoms with Crippen molar-refractivity contribution in [2.75, 3.05) is 26.4 Å². The lowest BCUT2D eigenvalue weighted by molar-refractivity contribution is -0.161. The van der Waals surface area contributed by atoms with E-state index in [4.69, 9.17) is 23.3 Å². The number of esters is 3. The van der Waals surface area contributed by atoms with Gasteiger partial charge in [-0.05, 0) is 44.9 Å². The highest BCUT2D eigenvalue weighted by Gasteiger charge is 2.28. The standard InChI is InChI=1S/C58H111O11P/c1-4-7-10-13-16-19-22-25-27-30-32-35-38-41-44-47-56(60)65-51-55(69-58(62)49-46-43-40-37-34-31-28-26-23-20-17-14-11-8-5-2)53-67-70(63,64)66-52-54(50-59)68-57(61)48-45-42-39-36-33-29-24-21-18-15-12-9-6-3/h21,24,54-55,59H,4-20,22-23,25-53H2,1-3H3,(H,63,64)/b24-21-. The fraction of sp³-hybridized carbons (Fsp3) is 0.914. The van der Waals surface area contributed by atoms with Gasteiger partial charge in [0.05, 0.1) is 19.8 Å². The molecule has 0 amide bonds. The summed E-state index contributed by atoms with van der Waals surface area (Å²) < 4.78 is 39.5. The van der Waals surface area contributed by atoms with Crippen LogP contribution in [0.25, 0.3) is 0 Å². The summed E-state index contributed by atoms with van der Waals surface area (Å²) in [4.78, 5) is 48.5. The maximum absolute atomic E-state index is 12.9. The maximum Gasteiger partial charge on any atom is 0.472 e. The van der Waals surface area contributed by atoms with E-state index in [1.807, 2.05) is 0 Å². The van der Waals surface area contributed by atoms with Crippen LogP contribution < -0.4 is 0 Å². The first-order valence-electron chi connectivity index (χ1n) is 29.6. The molecule has 0 bridgehead atoms. The molecule has 414 valence electrons. The van der Waals surface area contributed by atoms with E-state index in [-0.39, 0.29) is 25.9 Å². The van der Waals surface area contributed by atoms with Gasteiger partial charge in [0.25, 0.3) is 0 Å². The second-order valence-electron chi connectivity index (χ2n) is 20.2. The van der Waals surface area contributed by atoms with Crippen LogP contribution in [0.15, 0.2) is 12.2 Å². The summed E-state index contributed by atoms with van der Waals surface area (Å²) in [5, 5.41) is 9.80. The predicted octanol–water partition coefficient (Wildman–Crippen LogP) is 17.3. The lowest BCUT2D eigenvalue weighted by Crippen LogP contribution is -2.30. The Morgan fingerprint density at radius 1 is 0.386 bits per heavy atom. The van der Waals surface area contributed by atoms with Crippen molar-refractivity contribution in [3.63, 3.8) is 0 Å². The first kappa shape index (κ1) is 68.2. The average molecular weight is 1020 g/mol. The molecule has 0 saturated carbocycles. The number of ether oxygens (including phenoxy) is 3. The zero-order valence-corrected chi connectivity index (χ0v) is 46.7. The number of unbranched alkanes of at least 4 members (excludes halogenated alkanes) is 37. The molecule has 11 nitrogen and oxygen atoms in total. The topological polar surface area (TPSA) is 155 Å². The molecule has 3 unspecified atom stereocenters. The first-order valence-corrected chi connectivity index (χ1v) is 31.1. The maximum atomic E-state index is 12.9. The number of allylic oxidation sites excluding steroid dienone is 2. The van der Waals surface area contributed by atoms with Gasteiger partial charge in [-0.25, -0.2) is 4.57 Å². The third-order valence-corrected chi connectivity index (χ3v) is 14.1. The Bertz CT molecular complexity index is 1230. The highest BCUT2D eigenvalue weighted by Crippen LogP contribution is 2.43. The van der Waals surface area contributed by atoms with Crippen LogP contribution in [0.2, 0.25) is 0 Å². The smallest absolute Gasteiger partial charge is 0.462 e. The minimum Gasteiger partial charge on any atom is -0.462 e. The van der Waals surface area contributed by atoms with Gasteiger partial charge < -0.3 is 24.2 Å². The minimum atomic E-state index is -4.74. The van der Waals surface area contributed by atoms with Crippen molar-refractivity contribution in [1.82, 2.24) is 0 Å². The third kappa shape index (κ3) is 51.1. The Hall–Kier alpha value is -1.78. The van der Waals surface area contributed by atoms with E-state index in [9.17, 15) is 28.9 Å². The second kappa shape index (κ2) is 53.5. The van der Waals surface area contributed by atoms with Gasteiger partial charge in [0, 0.05) is 19.3 Å². The summed E-state index contributed by atoms with van der Waals surface area (Å²) in [5.74, 6) is -1.44. The fourth-order valence-electron chi connectivity index (χ4n) is 8.65. The van der Waals surface area contributed by atoms with Crippen molar-refractivity contribution in [3.8, 4) is 0 Å². The number of hydrogen-bond acceptors (Lipinski definition) is 10. The normalized spacial score (nSPS) is 13.4. The molecule has 70 heavy (non-hydrogen) atoms. The predicted molar refractivity (Wildman–Crippen MR) is 289 cm³/mol. The molecule has 12 heteroatoms. The van der Waals surface area contributed by atoms with Crippen LogP contribution in [-0.4, -0.2) is 66.5 Å². The molecule has 0 heterocycles. The van der Waals surface area contributed by atoms with Crippen LogP contribution in [-0.2, 0) is 42.2 Å². The first-order chi connectivity index (χ1) is 34.2. The number of carbonyl (C=O) groups excluding carboxylic acids is 3. The lowest BCUT2D eigenvalue weighted by atomic mass is 10.0. The SMILES string of the molecule is CCCCCC/C=C\CCCCCCCC(=O)OC(CO)COP(=O)(O)OCC(COC(=O)CCCCCCCCCCCCCCCCC)OC(=O)CCCCCCCCCCCCCCCCC. The van der Waals surface area contributed by atoms with Crippen molar-refractivity contribution < 1.29 is 52.2 Å². The molecule has 0 spiro atoms. The molecule has 0 aliphatic carbocycles. The van der Waals surface area contributed by atoms with E-state index in [2.05, 4.69) is 32.9 Å². The monoisotopic (exact) mass is 1010 g/mol. The average Bonchev–Trinajstić information content (AvgIpc) is 3.35. The van der Waals surface area contributed by atoms with E-state index in [0.29, 0.717) is 19.3 Å². The van der Waals surface area contributed by atoms with Gasteiger partial charge in [0.2, 0.25) is 0 Å². The zero-order chi connectivity index (χ0) is 51.3. The molecule has 0 aliphatic heterocycles. The number of aliphatic hydroxyl groups is 1. The van der Waals surface area contributed by atoms with Gasteiger partial charge in [0.1, 0.15) is 12.7 Å². The molecule has 0 radical (unpaired) electrons. The summed E-state index contributed by atoms with van der Waals surface area (Å²) >= 11 is 0. The largest absolute Gasteiger partial charge is 0.472 e. The van der Waals surface area contributed by atoms with Gasteiger partial charge in [-0.1, -0.05) is 251 Å². The summed E-state index contributed by atoms with van der Waals surface area (Å²) in [6.45, 7) is 4.68. The van der Waals surface area contributed by atoms with Crippen molar-refractivity contribution in [2.24, 2.45) is 0 Å². The highest BCUT2D eigenvalue weighted by molar-refractivity contribution is 7.47. The molecule has 0 aromatic carbocycles. The molecule has 0 aliphatic rings. The quantitative estimate of drug-likeness (QED) is 0.0197. The van der Waals surface area contributed by atoms with E-state index in [1.165, 1.54) is 167 Å². The van der Waals surface area contributed by atoms with Gasteiger partial charge >= 0.3 is 25.7 Å². The highest BCUT2D eigenvalue weighted by atomic mass is 31.2. The van der Waals surface area contributed by atoms with E-state index in [0.717, 1.165) is 77.0 Å². The summed E-state index contributed by atoms with van der Waals surface area (Å²) in [7, 11) is -4.74. The van der Waals surface area contributed by atoms with Gasteiger partial charge in [-0.3, -0.25) is 23.4 Å². The van der Waals surface area contributed by atoms with Crippen molar-refractivity contribution in [1.29, 1.82) is 0 Å². The Balaban J connectivity index is 4.67. The molecule has 0 saturated heterocycles. The number of aliphatic hydroxyl groups excluding tert-OH is 1. The van der Waals surface area contributed by atoms with Crippen LogP contribution in [0.5, 0.6) is 0 Å². The Kier molecular flexibility index (Phi) is 52.1. The molecule has 0 rings (SSSR count).